The van der Waals surface area contributed by atoms with E-state index in [2.05, 4.69) is 48.1 Å². The van der Waals surface area contributed by atoms with Crippen LogP contribution in [0.3, 0.4) is 0 Å². The van der Waals surface area contributed by atoms with Gasteiger partial charge in [-0.1, -0.05) is 32.9 Å². The first kappa shape index (κ1) is 17.5. The molecule has 3 N–H and O–H groups in total. The van der Waals surface area contributed by atoms with Gasteiger partial charge in [0.2, 0.25) is 0 Å². The number of benzene rings is 1. The van der Waals surface area contributed by atoms with E-state index in [1.807, 2.05) is 12.1 Å². The third-order valence-electron chi connectivity index (χ3n) is 3.67. The van der Waals surface area contributed by atoms with E-state index in [1.54, 1.807) is 0 Å². The molecule has 4 nitrogen and oxygen atoms in total. The van der Waals surface area contributed by atoms with Crippen LogP contribution in [0.4, 0.5) is 5.69 Å². The first-order chi connectivity index (χ1) is 10.2. The predicted molar refractivity (Wildman–Crippen MR) is 93.0 cm³/mol. The van der Waals surface area contributed by atoms with Crippen LogP contribution >= 0.6 is 0 Å². The third kappa shape index (κ3) is 7.14. The summed E-state index contributed by atoms with van der Waals surface area (Å²) in [6.07, 6.45) is 3.27. The maximum atomic E-state index is 5.92. The van der Waals surface area contributed by atoms with Crippen molar-refractivity contribution in [3.63, 3.8) is 0 Å². The maximum absolute atomic E-state index is 5.92. The Morgan fingerprint density at radius 3 is 2.62 bits per heavy atom. The standard InChI is InChI=1S/C17H30N4/c1-4-15-10-9-11-16(14-15)20-17(18)19-12-7-8-13-21(5-2)6-3/h9-11,14H,4-8,12-13H2,1-3H3,(H3,18,19,20). The summed E-state index contributed by atoms with van der Waals surface area (Å²) >= 11 is 0. The van der Waals surface area contributed by atoms with Gasteiger partial charge in [0.25, 0.3) is 0 Å². The Kier molecular flexibility index (Phi) is 8.51. The first-order valence-corrected chi connectivity index (χ1v) is 8.07. The number of unbranched alkanes of at least 4 members (excludes halogenated alkanes) is 1. The van der Waals surface area contributed by atoms with E-state index in [-0.39, 0.29) is 0 Å². The monoisotopic (exact) mass is 290 g/mol. The molecule has 0 radical (unpaired) electrons. The average molecular weight is 290 g/mol. The number of hydrogen-bond donors (Lipinski definition) is 2. The summed E-state index contributed by atoms with van der Waals surface area (Å²) in [6.45, 7) is 10.7. The second kappa shape index (κ2) is 10.2. The summed E-state index contributed by atoms with van der Waals surface area (Å²) in [6, 6.07) is 8.29. The Labute approximate surface area is 129 Å². The highest BCUT2D eigenvalue weighted by molar-refractivity contribution is 5.92. The van der Waals surface area contributed by atoms with Crippen molar-refractivity contribution in [3.05, 3.63) is 29.8 Å². The van der Waals surface area contributed by atoms with E-state index in [4.69, 9.17) is 5.73 Å². The topological polar surface area (TPSA) is 53.6 Å². The van der Waals surface area contributed by atoms with Crippen LogP contribution in [0.2, 0.25) is 0 Å². The maximum Gasteiger partial charge on any atom is 0.193 e. The Morgan fingerprint density at radius 1 is 1.19 bits per heavy atom. The van der Waals surface area contributed by atoms with Crippen molar-refractivity contribution < 1.29 is 0 Å². The summed E-state index contributed by atoms with van der Waals surface area (Å²) in [5.74, 6) is 0.506. The minimum absolute atomic E-state index is 0.506. The van der Waals surface area contributed by atoms with Gasteiger partial charge < -0.3 is 16.0 Å². The van der Waals surface area contributed by atoms with Crippen LogP contribution in [0.5, 0.6) is 0 Å². The number of nitrogens with zero attached hydrogens (tertiary/aromatic N) is 2. The number of aliphatic imine (C=N–C) groups is 1. The van der Waals surface area contributed by atoms with Crippen LogP contribution in [-0.2, 0) is 6.42 Å². The molecule has 21 heavy (non-hydrogen) atoms. The minimum atomic E-state index is 0.506. The molecule has 1 rings (SSSR count). The van der Waals surface area contributed by atoms with Gasteiger partial charge in [-0.2, -0.15) is 0 Å². The zero-order chi connectivity index (χ0) is 15.5. The molecule has 1 aromatic rings. The van der Waals surface area contributed by atoms with Crippen molar-refractivity contribution in [1.82, 2.24) is 4.90 Å². The SMILES string of the molecule is CCc1cccc(NC(N)=NCCCCN(CC)CC)c1. The van der Waals surface area contributed by atoms with Crippen LogP contribution in [0.25, 0.3) is 0 Å². The lowest BCUT2D eigenvalue weighted by Gasteiger charge is -2.17. The van der Waals surface area contributed by atoms with Crippen LogP contribution < -0.4 is 11.1 Å². The van der Waals surface area contributed by atoms with E-state index in [9.17, 15) is 0 Å². The number of guanidine groups is 1. The average Bonchev–Trinajstić information content (AvgIpc) is 2.51. The van der Waals surface area contributed by atoms with E-state index in [0.717, 1.165) is 44.7 Å². The lowest BCUT2D eigenvalue weighted by Crippen LogP contribution is -2.24. The molecule has 4 heteroatoms. The lowest BCUT2D eigenvalue weighted by atomic mass is 10.1. The van der Waals surface area contributed by atoms with Gasteiger partial charge in [0.15, 0.2) is 5.96 Å². The highest BCUT2D eigenvalue weighted by Crippen LogP contribution is 2.10. The highest BCUT2D eigenvalue weighted by atomic mass is 15.1. The van der Waals surface area contributed by atoms with Crippen molar-refractivity contribution in [2.75, 3.05) is 31.5 Å². The first-order valence-electron chi connectivity index (χ1n) is 8.07. The molecule has 0 saturated carbocycles. The molecule has 0 aliphatic carbocycles. The van der Waals surface area contributed by atoms with Gasteiger partial charge in [-0.25, -0.2) is 0 Å². The van der Waals surface area contributed by atoms with Gasteiger partial charge in [-0.3, -0.25) is 4.99 Å². The van der Waals surface area contributed by atoms with Gasteiger partial charge in [0.05, 0.1) is 0 Å². The molecule has 0 aliphatic heterocycles. The molecule has 0 aromatic heterocycles. The summed E-state index contributed by atoms with van der Waals surface area (Å²) in [5, 5.41) is 3.16. The molecule has 0 unspecified atom stereocenters. The normalized spacial score (nSPS) is 11.9. The summed E-state index contributed by atoms with van der Waals surface area (Å²) in [7, 11) is 0. The summed E-state index contributed by atoms with van der Waals surface area (Å²) < 4.78 is 0. The second-order valence-corrected chi connectivity index (χ2v) is 5.18. The van der Waals surface area contributed by atoms with Crippen LogP contribution in [-0.4, -0.2) is 37.0 Å². The quantitative estimate of drug-likeness (QED) is 0.417. The molecule has 118 valence electrons. The van der Waals surface area contributed by atoms with E-state index in [0.29, 0.717) is 5.96 Å². The molecule has 0 bridgehead atoms. The largest absolute Gasteiger partial charge is 0.370 e. The molecule has 0 aliphatic rings. The van der Waals surface area contributed by atoms with Crippen LogP contribution in [0.15, 0.2) is 29.3 Å². The third-order valence-corrected chi connectivity index (χ3v) is 3.67. The molecule has 0 spiro atoms. The van der Waals surface area contributed by atoms with Crippen molar-refractivity contribution in [3.8, 4) is 0 Å². The van der Waals surface area contributed by atoms with Crippen molar-refractivity contribution in [1.29, 1.82) is 0 Å². The Morgan fingerprint density at radius 2 is 1.95 bits per heavy atom. The molecule has 1 aromatic carbocycles. The molecule has 0 atom stereocenters. The highest BCUT2D eigenvalue weighted by Gasteiger charge is 1.99. The summed E-state index contributed by atoms with van der Waals surface area (Å²) in [4.78, 5) is 6.82. The van der Waals surface area contributed by atoms with Crippen molar-refractivity contribution in [2.24, 2.45) is 10.7 Å². The number of anilines is 1. The molecule has 0 amide bonds. The minimum Gasteiger partial charge on any atom is -0.370 e. The molecular formula is C17H30N4. The Balaban J connectivity index is 2.29. The van der Waals surface area contributed by atoms with Gasteiger partial charge in [0, 0.05) is 12.2 Å². The lowest BCUT2D eigenvalue weighted by molar-refractivity contribution is 0.298. The zero-order valence-electron chi connectivity index (χ0n) is 13.7. The van der Waals surface area contributed by atoms with E-state index in [1.165, 1.54) is 12.0 Å². The fraction of sp³-hybridized carbons (Fsp3) is 0.588. The number of hydrogen-bond acceptors (Lipinski definition) is 2. The second-order valence-electron chi connectivity index (χ2n) is 5.18. The van der Waals surface area contributed by atoms with Crippen LogP contribution in [0, 0.1) is 0 Å². The smallest absolute Gasteiger partial charge is 0.193 e. The van der Waals surface area contributed by atoms with E-state index < -0.39 is 0 Å². The van der Waals surface area contributed by atoms with Gasteiger partial charge in [0.1, 0.15) is 0 Å². The fourth-order valence-corrected chi connectivity index (χ4v) is 2.24. The van der Waals surface area contributed by atoms with Crippen molar-refractivity contribution in [2.45, 2.75) is 40.0 Å². The molecule has 0 fully saturated rings. The number of rotatable bonds is 9. The van der Waals surface area contributed by atoms with Crippen molar-refractivity contribution >= 4 is 11.6 Å². The Bertz CT molecular complexity index is 425. The molecule has 0 heterocycles. The number of nitrogens with one attached hydrogen (secondary N) is 1. The fourth-order valence-electron chi connectivity index (χ4n) is 2.24. The van der Waals surface area contributed by atoms with Gasteiger partial charge in [-0.05, 0) is 56.6 Å². The molecular weight excluding hydrogens is 260 g/mol. The number of aryl methyl sites for hydroxylation is 1. The van der Waals surface area contributed by atoms with Crippen LogP contribution in [0.1, 0.15) is 39.2 Å². The zero-order valence-corrected chi connectivity index (χ0v) is 13.7. The predicted octanol–water partition coefficient (Wildman–Crippen LogP) is 3.10. The van der Waals surface area contributed by atoms with E-state index >= 15 is 0 Å². The van der Waals surface area contributed by atoms with Gasteiger partial charge >= 0.3 is 0 Å². The van der Waals surface area contributed by atoms with Gasteiger partial charge in [-0.15, -0.1) is 0 Å². The Hall–Kier alpha value is -1.55. The summed E-state index contributed by atoms with van der Waals surface area (Å²) in [5.41, 5.74) is 8.23. The molecule has 0 saturated heterocycles. The number of nitrogens with two attached hydrogens (primary N) is 1.